The molecule has 0 saturated heterocycles. The van der Waals surface area contributed by atoms with Crippen molar-refractivity contribution < 1.29 is 9.53 Å². The molecule has 5 heteroatoms. The average Bonchev–Trinajstić information content (AvgIpc) is 2.80. The predicted molar refractivity (Wildman–Crippen MR) is 75.1 cm³/mol. The standard InChI is InChI=1S/C13H15BrClNO2/c1-18-10-4-3-9(7-10)16-13(17)8-2-5-12(15)11(14)6-8/h2,5-6,9-10H,3-4,7H2,1H3,(H,16,17). The van der Waals surface area contributed by atoms with Gasteiger partial charge in [-0.1, -0.05) is 11.6 Å². The van der Waals surface area contributed by atoms with Gasteiger partial charge in [0.25, 0.3) is 5.91 Å². The fourth-order valence-electron chi connectivity index (χ4n) is 2.19. The van der Waals surface area contributed by atoms with Crippen molar-refractivity contribution in [2.45, 2.75) is 31.4 Å². The number of hydrogen-bond donors (Lipinski definition) is 1. The van der Waals surface area contributed by atoms with Crippen LogP contribution < -0.4 is 5.32 Å². The molecule has 3 nitrogen and oxygen atoms in total. The third-order valence-electron chi connectivity index (χ3n) is 3.23. The minimum atomic E-state index is -0.0610. The summed E-state index contributed by atoms with van der Waals surface area (Å²) in [4.78, 5) is 12.0. The number of hydrogen-bond acceptors (Lipinski definition) is 2. The highest BCUT2D eigenvalue weighted by Gasteiger charge is 2.25. The summed E-state index contributed by atoms with van der Waals surface area (Å²) in [5.74, 6) is -0.0610. The van der Waals surface area contributed by atoms with Crippen molar-refractivity contribution in [3.8, 4) is 0 Å². The van der Waals surface area contributed by atoms with Crippen molar-refractivity contribution in [3.63, 3.8) is 0 Å². The van der Waals surface area contributed by atoms with Gasteiger partial charge in [-0.25, -0.2) is 0 Å². The van der Waals surface area contributed by atoms with Crippen LogP contribution in [0.5, 0.6) is 0 Å². The van der Waals surface area contributed by atoms with Crippen LogP contribution >= 0.6 is 27.5 Å². The lowest BCUT2D eigenvalue weighted by molar-refractivity contribution is 0.0915. The molecule has 1 amide bonds. The summed E-state index contributed by atoms with van der Waals surface area (Å²) < 4.78 is 6.02. The van der Waals surface area contributed by atoms with Crippen LogP contribution in [-0.4, -0.2) is 25.2 Å². The van der Waals surface area contributed by atoms with E-state index >= 15 is 0 Å². The molecule has 2 atom stereocenters. The van der Waals surface area contributed by atoms with E-state index in [1.807, 2.05) is 0 Å². The largest absolute Gasteiger partial charge is 0.381 e. The Kier molecular flexibility index (Phi) is 4.65. The van der Waals surface area contributed by atoms with Crippen molar-refractivity contribution in [3.05, 3.63) is 33.3 Å². The maximum absolute atomic E-state index is 12.0. The molecular formula is C13H15BrClNO2. The van der Waals surface area contributed by atoms with Crippen molar-refractivity contribution in [2.24, 2.45) is 0 Å². The summed E-state index contributed by atoms with van der Waals surface area (Å²) in [5.41, 5.74) is 0.618. The monoisotopic (exact) mass is 331 g/mol. The van der Waals surface area contributed by atoms with Gasteiger partial charge in [0.1, 0.15) is 0 Å². The summed E-state index contributed by atoms with van der Waals surface area (Å²) in [7, 11) is 1.71. The first-order valence-corrected chi connectivity index (χ1v) is 7.06. The fraction of sp³-hybridized carbons (Fsp3) is 0.462. The van der Waals surface area contributed by atoms with E-state index < -0.39 is 0 Å². The molecule has 1 aliphatic rings. The SMILES string of the molecule is COC1CCC(NC(=O)c2ccc(Cl)c(Br)c2)C1. The Bertz CT molecular complexity index is 453. The third-order valence-corrected chi connectivity index (χ3v) is 4.45. The van der Waals surface area contributed by atoms with Gasteiger partial charge in [0.15, 0.2) is 0 Å². The molecule has 0 bridgehead atoms. The summed E-state index contributed by atoms with van der Waals surface area (Å²) in [6, 6.07) is 5.38. The molecule has 1 aliphatic carbocycles. The molecule has 0 aliphatic heterocycles. The maximum atomic E-state index is 12.0. The van der Waals surface area contributed by atoms with Crippen molar-refractivity contribution in [2.75, 3.05) is 7.11 Å². The lowest BCUT2D eigenvalue weighted by Gasteiger charge is -2.13. The number of benzene rings is 1. The summed E-state index contributed by atoms with van der Waals surface area (Å²) in [6.07, 6.45) is 3.13. The molecule has 0 spiro atoms. The van der Waals surface area contributed by atoms with E-state index in [0.29, 0.717) is 10.6 Å². The Labute approximate surface area is 120 Å². The lowest BCUT2D eigenvalue weighted by Crippen LogP contribution is -2.33. The zero-order chi connectivity index (χ0) is 13.1. The molecule has 0 radical (unpaired) electrons. The predicted octanol–water partition coefficient (Wildman–Crippen LogP) is 3.40. The Hall–Kier alpha value is -0.580. The van der Waals surface area contributed by atoms with Gasteiger partial charge >= 0.3 is 0 Å². The van der Waals surface area contributed by atoms with E-state index in [2.05, 4.69) is 21.2 Å². The van der Waals surface area contributed by atoms with Crippen LogP contribution in [0.1, 0.15) is 29.6 Å². The first-order chi connectivity index (χ1) is 8.60. The topological polar surface area (TPSA) is 38.3 Å². The summed E-state index contributed by atoms with van der Waals surface area (Å²) in [5, 5.41) is 3.63. The molecule has 0 aromatic heterocycles. The van der Waals surface area contributed by atoms with E-state index in [9.17, 15) is 4.79 Å². The molecule has 98 valence electrons. The van der Waals surface area contributed by atoms with Gasteiger partial charge in [-0.2, -0.15) is 0 Å². The van der Waals surface area contributed by atoms with Gasteiger partial charge in [0.05, 0.1) is 11.1 Å². The normalized spacial score (nSPS) is 23.1. The molecule has 1 aromatic carbocycles. The van der Waals surface area contributed by atoms with E-state index in [4.69, 9.17) is 16.3 Å². The fourth-order valence-corrected chi connectivity index (χ4v) is 2.69. The summed E-state index contributed by atoms with van der Waals surface area (Å²) in [6.45, 7) is 0. The number of carbonyl (C=O) groups is 1. The maximum Gasteiger partial charge on any atom is 0.251 e. The average molecular weight is 333 g/mol. The van der Waals surface area contributed by atoms with Crippen molar-refractivity contribution >= 4 is 33.4 Å². The van der Waals surface area contributed by atoms with Gasteiger partial charge in [-0.15, -0.1) is 0 Å². The van der Waals surface area contributed by atoms with Crippen LogP contribution in [0.2, 0.25) is 5.02 Å². The molecule has 2 unspecified atom stereocenters. The summed E-state index contributed by atoms with van der Waals surface area (Å²) >= 11 is 9.21. The second kappa shape index (κ2) is 6.04. The number of methoxy groups -OCH3 is 1. The number of amides is 1. The minimum absolute atomic E-state index is 0.0610. The quantitative estimate of drug-likeness (QED) is 0.921. The molecular weight excluding hydrogens is 318 g/mol. The third kappa shape index (κ3) is 3.25. The molecule has 1 fully saturated rings. The van der Waals surface area contributed by atoms with Gasteiger partial charge in [-0.05, 0) is 53.4 Å². The second-order valence-corrected chi connectivity index (χ2v) is 5.73. The highest BCUT2D eigenvalue weighted by molar-refractivity contribution is 9.10. The second-order valence-electron chi connectivity index (χ2n) is 4.47. The number of rotatable bonds is 3. The van der Waals surface area contributed by atoms with Gasteiger partial charge < -0.3 is 10.1 Å². The van der Waals surface area contributed by atoms with Crippen LogP contribution in [0.25, 0.3) is 0 Å². The van der Waals surface area contributed by atoms with Crippen molar-refractivity contribution in [1.29, 1.82) is 0 Å². The minimum Gasteiger partial charge on any atom is -0.381 e. The zero-order valence-corrected chi connectivity index (χ0v) is 12.4. The molecule has 18 heavy (non-hydrogen) atoms. The first kappa shape index (κ1) is 13.8. The number of carbonyl (C=O) groups excluding carboxylic acids is 1. The zero-order valence-electron chi connectivity index (χ0n) is 10.1. The van der Waals surface area contributed by atoms with E-state index in [0.717, 1.165) is 23.7 Å². The number of halogens is 2. The highest BCUT2D eigenvalue weighted by atomic mass is 79.9. The van der Waals surface area contributed by atoms with Crippen LogP contribution in [0.15, 0.2) is 22.7 Å². The molecule has 2 rings (SSSR count). The van der Waals surface area contributed by atoms with Crippen LogP contribution in [0.3, 0.4) is 0 Å². The van der Waals surface area contributed by atoms with Crippen LogP contribution in [0.4, 0.5) is 0 Å². The Morgan fingerprint density at radius 2 is 2.28 bits per heavy atom. The van der Waals surface area contributed by atoms with E-state index in [1.54, 1.807) is 25.3 Å². The Morgan fingerprint density at radius 3 is 2.89 bits per heavy atom. The van der Waals surface area contributed by atoms with Gasteiger partial charge in [-0.3, -0.25) is 4.79 Å². The Morgan fingerprint density at radius 1 is 1.50 bits per heavy atom. The first-order valence-electron chi connectivity index (χ1n) is 5.89. The molecule has 1 aromatic rings. The van der Waals surface area contributed by atoms with Gasteiger partial charge in [0, 0.05) is 23.2 Å². The van der Waals surface area contributed by atoms with Crippen molar-refractivity contribution in [1.82, 2.24) is 5.32 Å². The number of nitrogens with one attached hydrogen (secondary N) is 1. The van der Waals surface area contributed by atoms with Gasteiger partial charge in [0.2, 0.25) is 0 Å². The van der Waals surface area contributed by atoms with Crippen LogP contribution in [0, 0.1) is 0 Å². The number of ether oxygens (including phenoxy) is 1. The van der Waals surface area contributed by atoms with E-state index in [-0.39, 0.29) is 18.1 Å². The Balaban J connectivity index is 1.97. The smallest absolute Gasteiger partial charge is 0.251 e. The molecule has 1 N–H and O–H groups in total. The molecule has 1 saturated carbocycles. The highest BCUT2D eigenvalue weighted by Crippen LogP contribution is 2.24. The molecule has 0 heterocycles. The van der Waals surface area contributed by atoms with E-state index in [1.165, 1.54) is 0 Å². The lowest BCUT2D eigenvalue weighted by atomic mass is 10.2. The van der Waals surface area contributed by atoms with Crippen LogP contribution in [-0.2, 0) is 4.74 Å².